The number of nitrogens with zero attached hydrogens (tertiary/aromatic N) is 1. The molecule has 2 heterocycles. The lowest BCUT2D eigenvalue weighted by Crippen LogP contribution is -2.12. The fraction of sp³-hybridized carbons (Fsp3) is 0.0556. The number of aromatic amines is 1. The van der Waals surface area contributed by atoms with E-state index in [1.165, 1.54) is 18.3 Å². The van der Waals surface area contributed by atoms with Crippen LogP contribution in [-0.2, 0) is 4.79 Å². The lowest BCUT2D eigenvalue weighted by Gasteiger charge is -1.99. The van der Waals surface area contributed by atoms with E-state index >= 15 is 0 Å². The van der Waals surface area contributed by atoms with Gasteiger partial charge in [-0.1, -0.05) is 34.5 Å². The third-order valence-corrected chi connectivity index (χ3v) is 5.41. The van der Waals surface area contributed by atoms with Crippen molar-refractivity contribution in [2.45, 2.75) is 6.92 Å². The third-order valence-electron chi connectivity index (χ3n) is 3.85. The molecule has 4 rings (SSSR count). The minimum atomic E-state index is -0.395. The summed E-state index contributed by atoms with van der Waals surface area (Å²) in [7, 11) is 0. The van der Waals surface area contributed by atoms with Crippen molar-refractivity contribution in [2.24, 2.45) is 0 Å². The molecule has 0 atom stereocenters. The first-order valence-corrected chi connectivity index (χ1v) is 9.44. The van der Waals surface area contributed by atoms with Gasteiger partial charge in [0.05, 0.1) is 15.2 Å². The Hall–Kier alpha value is -2.61. The number of amides is 2. The molecule has 0 spiro atoms. The van der Waals surface area contributed by atoms with Gasteiger partial charge in [0, 0.05) is 28.5 Å². The molecule has 136 valence electrons. The summed E-state index contributed by atoms with van der Waals surface area (Å²) in [6.45, 7) is 1.44. The predicted octanol–water partition coefficient (Wildman–Crippen LogP) is 5.30. The van der Waals surface area contributed by atoms with Crippen LogP contribution in [0.15, 0.2) is 36.4 Å². The molecule has 0 unspecified atom stereocenters. The van der Waals surface area contributed by atoms with Crippen molar-refractivity contribution in [3.05, 3.63) is 52.1 Å². The molecule has 0 saturated carbocycles. The molecule has 2 aromatic carbocycles. The molecule has 2 aromatic heterocycles. The molecule has 0 bridgehead atoms. The molecule has 6 nitrogen and oxygen atoms in total. The summed E-state index contributed by atoms with van der Waals surface area (Å²) < 4.78 is 0.839. The molecule has 2 amide bonds. The first kappa shape index (κ1) is 17.8. The molecule has 0 aliphatic rings. The number of carbonyl (C=O) groups excluding carboxylic acids is 2. The third kappa shape index (κ3) is 3.49. The normalized spacial score (nSPS) is 11.1. The van der Waals surface area contributed by atoms with Gasteiger partial charge < -0.3 is 10.3 Å². The van der Waals surface area contributed by atoms with Crippen LogP contribution in [0.3, 0.4) is 0 Å². The highest BCUT2D eigenvalue weighted by Gasteiger charge is 2.18. The molecular weight excluding hydrogens is 407 g/mol. The molecular formula is C18H12Cl2N4O2S. The van der Waals surface area contributed by atoms with Crippen molar-refractivity contribution in [3.63, 3.8) is 0 Å². The van der Waals surface area contributed by atoms with Gasteiger partial charge in [-0.2, -0.15) is 0 Å². The number of hydrogen-bond acceptors (Lipinski definition) is 4. The Labute approximate surface area is 167 Å². The standard InChI is InChI=1S/C18H12Cl2N4O2S/c1-8(25)21-10-3-5-13-14(7-10)27-18(23-13)24-17(26)16-15(20)11-6-9(19)2-4-12(11)22-16/h2-7,22H,1H3,(H,21,25)(H,23,24,26). The highest BCUT2D eigenvalue weighted by atomic mass is 35.5. The topological polar surface area (TPSA) is 86.9 Å². The molecule has 3 N–H and O–H groups in total. The molecule has 9 heteroatoms. The summed E-state index contributed by atoms with van der Waals surface area (Å²) >= 11 is 13.6. The van der Waals surface area contributed by atoms with E-state index < -0.39 is 5.91 Å². The largest absolute Gasteiger partial charge is 0.349 e. The molecule has 0 saturated heterocycles. The zero-order valence-electron chi connectivity index (χ0n) is 13.9. The van der Waals surface area contributed by atoms with Crippen molar-refractivity contribution >= 4 is 78.3 Å². The minimum absolute atomic E-state index is 0.152. The quantitative estimate of drug-likeness (QED) is 0.422. The number of hydrogen-bond donors (Lipinski definition) is 3. The maximum absolute atomic E-state index is 12.6. The minimum Gasteiger partial charge on any atom is -0.349 e. The van der Waals surface area contributed by atoms with E-state index in [2.05, 4.69) is 20.6 Å². The van der Waals surface area contributed by atoms with Gasteiger partial charge in [-0.05, 0) is 36.4 Å². The monoisotopic (exact) mass is 418 g/mol. The zero-order chi connectivity index (χ0) is 19.1. The van der Waals surface area contributed by atoms with Crippen LogP contribution in [0.2, 0.25) is 10.0 Å². The van der Waals surface area contributed by atoms with Crippen LogP contribution < -0.4 is 10.6 Å². The van der Waals surface area contributed by atoms with Crippen LogP contribution in [-0.4, -0.2) is 21.8 Å². The lowest BCUT2D eigenvalue weighted by molar-refractivity contribution is -0.114. The molecule has 0 radical (unpaired) electrons. The van der Waals surface area contributed by atoms with Crippen LogP contribution in [0.4, 0.5) is 10.8 Å². The van der Waals surface area contributed by atoms with Gasteiger partial charge in [-0.25, -0.2) is 4.98 Å². The van der Waals surface area contributed by atoms with Gasteiger partial charge in [-0.15, -0.1) is 0 Å². The Morgan fingerprint density at radius 1 is 1.11 bits per heavy atom. The van der Waals surface area contributed by atoms with Crippen molar-refractivity contribution in [3.8, 4) is 0 Å². The number of thiazole rings is 1. The Balaban J connectivity index is 1.62. The fourth-order valence-electron chi connectivity index (χ4n) is 2.71. The first-order chi connectivity index (χ1) is 12.9. The maximum Gasteiger partial charge on any atom is 0.275 e. The highest BCUT2D eigenvalue weighted by Crippen LogP contribution is 2.32. The predicted molar refractivity (Wildman–Crippen MR) is 110 cm³/mol. The summed E-state index contributed by atoms with van der Waals surface area (Å²) in [5.41, 5.74) is 2.36. The summed E-state index contributed by atoms with van der Waals surface area (Å²) in [5.74, 6) is -0.547. The number of carbonyl (C=O) groups is 2. The van der Waals surface area contributed by atoms with E-state index in [1.54, 1.807) is 30.3 Å². The molecule has 0 aliphatic heterocycles. The highest BCUT2D eigenvalue weighted by molar-refractivity contribution is 7.22. The van der Waals surface area contributed by atoms with Crippen molar-refractivity contribution in [1.82, 2.24) is 9.97 Å². The number of anilines is 2. The van der Waals surface area contributed by atoms with Gasteiger partial charge in [-0.3, -0.25) is 14.9 Å². The Morgan fingerprint density at radius 3 is 2.70 bits per heavy atom. The summed E-state index contributed by atoms with van der Waals surface area (Å²) in [4.78, 5) is 31.2. The van der Waals surface area contributed by atoms with E-state index in [0.717, 1.165) is 15.7 Å². The number of halogens is 2. The number of aromatic nitrogens is 2. The lowest BCUT2D eigenvalue weighted by atomic mass is 10.2. The van der Waals surface area contributed by atoms with Gasteiger partial charge in [0.25, 0.3) is 5.91 Å². The second kappa shape index (κ2) is 6.84. The smallest absolute Gasteiger partial charge is 0.275 e. The summed E-state index contributed by atoms with van der Waals surface area (Å²) in [6, 6.07) is 10.5. The number of nitrogens with one attached hydrogen (secondary N) is 3. The number of fused-ring (bicyclic) bond motifs is 2. The molecule has 4 aromatic rings. The van der Waals surface area contributed by atoms with Crippen LogP contribution >= 0.6 is 34.5 Å². The number of H-pyrrole nitrogens is 1. The van der Waals surface area contributed by atoms with Gasteiger partial charge >= 0.3 is 0 Å². The second-order valence-corrected chi connectivity index (χ2v) is 7.69. The van der Waals surface area contributed by atoms with Crippen molar-refractivity contribution in [2.75, 3.05) is 10.6 Å². The fourth-order valence-corrected chi connectivity index (χ4v) is 4.07. The average Bonchev–Trinajstić information content (AvgIpc) is 3.14. The summed E-state index contributed by atoms with van der Waals surface area (Å²) in [5, 5.41) is 7.43. The van der Waals surface area contributed by atoms with Crippen LogP contribution in [0.5, 0.6) is 0 Å². The van der Waals surface area contributed by atoms with Gasteiger partial charge in [0.1, 0.15) is 5.69 Å². The van der Waals surface area contributed by atoms with E-state index in [9.17, 15) is 9.59 Å². The molecule has 27 heavy (non-hydrogen) atoms. The Morgan fingerprint density at radius 2 is 1.93 bits per heavy atom. The maximum atomic E-state index is 12.6. The van der Waals surface area contributed by atoms with Crippen LogP contribution in [0.25, 0.3) is 21.1 Å². The van der Waals surface area contributed by atoms with Crippen molar-refractivity contribution in [1.29, 1.82) is 0 Å². The van der Waals surface area contributed by atoms with E-state index in [1.807, 2.05) is 6.07 Å². The number of benzene rings is 2. The van der Waals surface area contributed by atoms with E-state index in [-0.39, 0.29) is 11.6 Å². The second-order valence-electron chi connectivity index (χ2n) is 5.84. The van der Waals surface area contributed by atoms with Crippen molar-refractivity contribution < 1.29 is 9.59 Å². The molecule has 0 aliphatic carbocycles. The van der Waals surface area contributed by atoms with Crippen LogP contribution in [0, 0.1) is 0 Å². The van der Waals surface area contributed by atoms with E-state index in [4.69, 9.17) is 23.2 Å². The zero-order valence-corrected chi connectivity index (χ0v) is 16.2. The van der Waals surface area contributed by atoms with Crippen LogP contribution in [0.1, 0.15) is 17.4 Å². The Kier molecular flexibility index (Phi) is 4.51. The molecule has 0 fully saturated rings. The number of rotatable bonds is 3. The van der Waals surface area contributed by atoms with Gasteiger partial charge in [0.15, 0.2) is 5.13 Å². The first-order valence-electron chi connectivity index (χ1n) is 7.87. The Bertz CT molecular complexity index is 1210. The summed E-state index contributed by atoms with van der Waals surface area (Å²) in [6.07, 6.45) is 0. The van der Waals surface area contributed by atoms with E-state index in [0.29, 0.717) is 26.3 Å². The average molecular weight is 419 g/mol. The van der Waals surface area contributed by atoms with Gasteiger partial charge in [0.2, 0.25) is 5.91 Å². The SMILES string of the molecule is CC(=O)Nc1ccc2nc(NC(=O)c3[nH]c4ccc(Cl)cc4c3Cl)sc2c1.